The lowest BCUT2D eigenvalue weighted by atomic mass is 9.82. The topological polar surface area (TPSA) is 19.0 Å². The Balaban J connectivity index is 1.32. The van der Waals surface area contributed by atoms with Crippen molar-refractivity contribution in [1.29, 1.82) is 0 Å². The van der Waals surface area contributed by atoms with Crippen LogP contribution in [0.25, 0.3) is 44.1 Å². The third-order valence-corrected chi connectivity index (χ3v) is 9.54. The number of hydrogen-bond acceptors (Lipinski definition) is 1. The van der Waals surface area contributed by atoms with Gasteiger partial charge in [0.05, 0.1) is 5.52 Å². The molecule has 0 unspecified atom stereocenters. The van der Waals surface area contributed by atoms with Crippen molar-refractivity contribution in [3.05, 3.63) is 149 Å². The van der Waals surface area contributed by atoms with E-state index in [4.69, 9.17) is 0 Å². The van der Waals surface area contributed by atoms with Gasteiger partial charge >= 0.3 is 0 Å². The molecule has 6 aromatic carbocycles. The number of anilines is 3. The monoisotopic (exact) mass is 604 g/mol. The molecule has 1 heterocycles. The van der Waals surface area contributed by atoms with Gasteiger partial charge in [0.15, 0.2) is 0 Å². The van der Waals surface area contributed by atoms with Crippen LogP contribution in [0.2, 0.25) is 0 Å². The minimum absolute atomic E-state index is 0.0716. The molecular weight excluding hydrogens is 576 g/mol. The standard InChI is InChI=1S/C39H29BrN2/c1-39(2)34-13-7-6-11-30(34)31-21-19-29(24-35(31)39)42(27-17-15-26(16-18-27)25-9-4-3-5-10-25)28-20-22-37-33(23-28)32-12-8-14-36(40)38(32)41-37/h3-24,41H,1-2H3. The van der Waals surface area contributed by atoms with E-state index in [1.807, 2.05) is 0 Å². The molecule has 3 heteroatoms. The van der Waals surface area contributed by atoms with E-state index in [2.05, 4.69) is 173 Å². The van der Waals surface area contributed by atoms with Crippen LogP contribution in [-0.4, -0.2) is 4.98 Å². The van der Waals surface area contributed by atoms with Gasteiger partial charge in [-0.2, -0.15) is 0 Å². The molecule has 0 fully saturated rings. The summed E-state index contributed by atoms with van der Waals surface area (Å²) in [5.41, 5.74) is 13.5. The molecule has 2 nitrogen and oxygen atoms in total. The second-order valence-corrected chi connectivity index (χ2v) is 12.5. The predicted octanol–water partition coefficient (Wildman–Crippen LogP) is 11.5. The summed E-state index contributed by atoms with van der Waals surface area (Å²) in [6, 6.07) is 48.5. The van der Waals surface area contributed by atoms with Gasteiger partial charge in [-0.1, -0.05) is 98.8 Å². The van der Waals surface area contributed by atoms with Gasteiger partial charge in [0, 0.05) is 43.2 Å². The van der Waals surface area contributed by atoms with Crippen LogP contribution >= 0.6 is 15.9 Å². The first-order chi connectivity index (χ1) is 20.5. The Morgan fingerprint density at radius 1 is 0.548 bits per heavy atom. The third kappa shape index (κ3) is 3.84. The SMILES string of the molecule is CC1(C)c2ccccc2-c2ccc(N(c3ccc(-c4ccccc4)cc3)c3ccc4[nH]c5c(Br)cccc5c4c3)cc21. The van der Waals surface area contributed by atoms with E-state index in [1.165, 1.54) is 44.2 Å². The van der Waals surface area contributed by atoms with Crippen molar-refractivity contribution < 1.29 is 0 Å². The van der Waals surface area contributed by atoms with Crippen molar-refractivity contribution in [3.8, 4) is 22.3 Å². The Kier molecular flexibility index (Phi) is 5.67. The molecule has 0 radical (unpaired) electrons. The van der Waals surface area contributed by atoms with Gasteiger partial charge in [-0.15, -0.1) is 0 Å². The van der Waals surface area contributed by atoms with Crippen LogP contribution in [0.1, 0.15) is 25.0 Å². The number of halogens is 1. The Morgan fingerprint density at radius 3 is 2.05 bits per heavy atom. The predicted molar refractivity (Wildman–Crippen MR) is 181 cm³/mol. The van der Waals surface area contributed by atoms with Crippen molar-refractivity contribution in [2.24, 2.45) is 0 Å². The summed E-state index contributed by atoms with van der Waals surface area (Å²) in [6.45, 7) is 4.69. The number of nitrogens with zero attached hydrogens (tertiary/aromatic N) is 1. The van der Waals surface area contributed by atoms with Gasteiger partial charge in [0.2, 0.25) is 0 Å². The quantitative estimate of drug-likeness (QED) is 0.212. The highest BCUT2D eigenvalue weighted by atomic mass is 79.9. The molecule has 0 atom stereocenters. The number of aromatic nitrogens is 1. The maximum atomic E-state index is 3.73. The normalized spacial score (nSPS) is 13.3. The van der Waals surface area contributed by atoms with E-state index in [-0.39, 0.29) is 5.41 Å². The van der Waals surface area contributed by atoms with E-state index in [9.17, 15) is 0 Å². The molecule has 202 valence electrons. The second-order valence-electron chi connectivity index (χ2n) is 11.7. The van der Waals surface area contributed by atoms with E-state index in [0.29, 0.717) is 0 Å². The van der Waals surface area contributed by atoms with Crippen LogP contribution in [0.3, 0.4) is 0 Å². The van der Waals surface area contributed by atoms with Gasteiger partial charge in [0.1, 0.15) is 0 Å². The minimum Gasteiger partial charge on any atom is -0.354 e. The van der Waals surface area contributed by atoms with E-state index < -0.39 is 0 Å². The Hall–Kier alpha value is -4.60. The van der Waals surface area contributed by atoms with Gasteiger partial charge in [-0.3, -0.25) is 0 Å². The van der Waals surface area contributed by atoms with Crippen LogP contribution in [0.15, 0.2) is 138 Å². The molecule has 0 amide bonds. The lowest BCUT2D eigenvalue weighted by molar-refractivity contribution is 0.660. The number of H-pyrrole nitrogens is 1. The largest absolute Gasteiger partial charge is 0.354 e. The minimum atomic E-state index is -0.0716. The Morgan fingerprint density at radius 2 is 1.21 bits per heavy atom. The summed E-state index contributed by atoms with van der Waals surface area (Å²) >= 11 is 3.73. The number of nitrogens with one attached hydrogen (secondary N) is 1. The maximum Gasteiger partial charge on any atom is 0.0609 e. The molecule has 1 aliphatic rings. The molecular formula is C39H29BrN2. The molecule has 0 aliphatic heterocycles. The zero-order chi connectivity index (χ0) is 28.4. The number of hydrogen-bond donors (Lipinski definition) is 1. The van der Waals surface area contributed by atoms with Gasteiger partial charge < -0.3 is 9.88 Å². The number of fused-ring (bicyclic) bond motifs is 6. The summed E-state index contributed by atoms with van der Waals surface area (Å²) in [5, 5.41) is 2.43. The average molecular weight is 606 g/mol. The van der Waals surface area contributed by atoms with Crippen molar-refractivity contribution in [2.75, 3.05) is 4.90 Å². The fourth-order valence-electron chi connectivity index (χ4n) is 6.73. The number of para-hydroxylation sites is 1. The van der Waals surface area contributed by atoms with Crippen LogP contribution < -0.4 is 4.90 Å². The molecule has 8 rings (SSSR count). The highest BCUT2D eigenvalue weighted by molar-refractivity contribution is 9.10. The first-order valence-corrected chi connectivity index (χ1v) is 15.2. The highest BCUT2D eigenvalue weighted by Crippen LogP contribution is 2.50. The molecule has 0 saturated heterocycles. The summed E-state index contributed by atoms with van der Waals surface area (Å²) in [4.78, 5) is 6.00. The maximum absolute atomic E-state index is 3.73. The van der Waals surface area contributed by atoms with Crippen molar-refractivity contribution >= 4 is 54.8 Å². The third-order valence-electron chi connectivity index (χ3n) is 8.88. The summed E-state index contributed by atoms with van der Waals surface area (Å²) < 4.78 is 1.08. The zero-order valence-electron chi connectivity index (χ0n) is 23.5. The molecule has 1 aromatic heterocycles. The Bertz CT molecular complexity index is 2120. The van der Waals surface area contributed by atoms with E-state index >= 15 is 0 Å². The van der Waals surface area contributed by atoms with Crippen molar-refractivity contribution in [1.82, 2.24) is 4.98 Å². The number of aromatic amines is 1. The highest BCUT2D eigenvalue weighted by Gasteiger charge is 2.35. The lowest BCUT2D eigenvalue weighted by Gasteiger charge is -2.28. The first-order valence-electron chi connectivity index (χ1n) is 14.4. The van der Waals surface area contributed by atoms with Crippen LogP contribution in [0.5, 0.6) is 0 Å². The molecule has 0 saturated carbocycles. The molecule has 0 bridgehead atoms. The molecule has 7 aromatic rings. The van der Waals surface area contributed by atoms with Crippen LogP contribution in [0, 0.1) is 0 Å². The van der Waals surface area contributed by atoms with Gasteiger partial charge in [-0.05, 0) is 97.8 Å². The summed E-state index contributed by atoms with van der Waals surface area (Å²) in [7, 11) is 0. The molecule has 1 N–H and O–H groups in total. The zero-order valence-corrected chi connectivity index (χ0v) is 25.1. The fraction of sp³-hybridized carbons (Fsp3) is 0.0769. The van der Waals surface area contributed by atoms with Crippen molar-refractivity contribution in [3.63, 3.8) is 0 Å². The van der Waals surface area contributed by atoms with Gasteiger partial charge in [-0.25, -0.2) is 0 Å². The second kappa shape index (κ2) is 9.47. The number of benzene rings is 6. The average Bonchev–Trinajstić information content (AvgIpc) is 3.51. The molecule has 1 aliphatic carbocycles. The lowest BCUT2D eigenvalue weighted by Crippen LogP contribution is -2.16. The Labute approximate surface area is 254 Å². The van der Waals surface area contributed by atoms with E-state index in [0.717, 1.165) is 32.6 Å². The summed E-state index contributed by atoms with van der Waals surface area (Å²) in [5.74, 6) is 0. The summed E-state index contributed by atoms with van der Waals surface area (Å²) in [6.07, 6.45) is 0. The fourth-order valence-corrected chi connectivity index (χ4v) is 7.19. The molecule has 0 spiro atoms. The van der Waals surface area contributed by atoms with E-state index in [1.54, 1.807) is 0 Å². The first kappa shape index (κ1) is 25.1. The van der Waals surface area contributed by atoms with Crippen LogP contribution in [-0.2, 0) is 5.41 Å². The smallest absolute Gasteiger partial charge is 0.0609 e. The van der Waals surface area contributed by atoms with Crippen LogP contribution in [0.4, 0.5) is 17.1 Å². The van der Waals surface area contributed by atoms with Gasteiger partial charge in [0.25, 0.3) is 0 Å². The van der Waals surface area contributed by atoms with Crippen molar-refractivity contribution in [2.45, 2.75) is 19.3 Å². The molecule has 42 heavy (non-hydrogen) atoms. The number of rotatable bonds is 4.